The van der Waals surface area contributed by atoms with E-state index in [1.807, 2.05) is 6.08 Å². The van der Waals surface area contributed by atoms with E-state index < -0.39 is 5.97 Å². The third-order valence-corrected chi connectivity index (χ3v) is 5.37. The number of hydrogen-bond donors (Lipinski definition) is 3. The van der Waals surface area contributed by atoms with Crippen LogP contribution in [-0.4, -0.2) is 35.5 Å². The van der Waals surface area contributed by atoms with Crippen LogP contribution in [0.3, 0.4) is 0 Å². The molecular formula is C25H22O7. The molecule has 0 aromatic heterocycles. The summed E-state index contributed by atoms with van der Waals surface area (Å²) < 4.78 is 15.8. The van der Waals surface area contributed by atoms with Crippen LogP contribution in [0.5, 0.6) is 34.5 Å². The summed E-state index contributed by atoms with van der Waals surface area (Å²) >= 11 is 0. The zero-order valence-electron chi connectivity index (χ0n) is 17.5. The van der Waals surface area contributed by atoms with E-state index in [9.17, 15) is 20.1 Å². The molecule has 7 nitrogen and oxygen atoms in total. The average molecular weight is 434 g/mol. The van der Waals surface area contributed by atoms with Gasteiger partial charge in [-0.15, -0.1) is 0 Å². The molecule has 32 heavy (non-hydrogen) atoms. The van der Waals surface area contributed by atoms with Crippen molar-refractivity contribution >= 4 is 18.1 Å². The first-order valence-electron chi connectivity index (χ1n) is 9.89. The molecule has 1 atom stereocenters. The van der Waals surface area contributed by atoms with Gasteiger partial charge >= 0.3 is 5.97 Å². The Morgan fingerprint density at radius 2 is 1.59 bits per heavy atom. The molecule has 0 bridgehead atoms. The molecule has 0 saturated carbocycles. The van der Waals surface area contributed by atoms with E-state index in [2.05, 4.69) is 0 Å². The number of phenolic OH excluding ortho intramolecular Hbond substituents is 3. The molecule has 0 unspecified atom stereocenters. The van der Waals surface area contributed by atoms with Gasteiger partial charge in [0.25, 0.3) is 0 Å². The van der Waals surface area contributed by atoms with Gasteiger partial charge in [0.2, 0.25) is 0 Å². The minimum atomic E-state index is -0.418. The lowest BCUT2D eigenvalue weighted by molar-refractivity contribution is -0.135. The quantitative estimate of drug-likeness (QED) is 0.310. The van der Waals surface area contributed by atoms with Crippen LogP contribution in [0.4, 0.5) is 0 Å². The van der Waals surface area contributed by atoms with E-state index >= 15 is 0 Å². The van der Waals surface area contributed by atoms with Crippen molar-refractivity contribution in [1.29, 1.82) is 0 Å². The highest BCUT2D eigenvalue weighted by Gasteiger charge is 2.31. The molecule has 0 amide bonds. The Labute approximate surface area is 184 Å². The summed E-state index contributed by atoms with van der Waals surface area (Å²) in [6.07, 6.45) is 3.70. The number of ether oxygens (including phenoxy) is 3. The van der Waals surface area contributed by atoms with Crippen molar-refractivity contribution in [3.63, 3.8) is 0 Å². The molecule has 0 radical (unpaired) electrons. The van der Waals surface area contributed by atoms with E-state index in [-0.39, 0.29) is 35.3 Å². The molecule has 7 heteroatoms. The molecule has 0 aliphatic carbocycles. The molecule has 164 valence electrons. The van der Waals surface area contributed by atoms with Crippen LogP contribution in [0.15, 0.2) is 48.5 Å². The Kier molecular flexibility index (Phi) is 5.64. The monoisotopic (exact) mass is 434 g/mol. The SMILES string of the molecule is COc1cc(/C=C/c2cc(O)cc3c2[C@H](c2ccc(O)c(OC)c2)CC(=O)O3)ccc1O. The van der Waals surface area contributed by atoms with Crippen LogP contribution < -0.4 is 14.2 Å². The average Bonchev–Trinajstić information content (AvgIpc) is 2.77. The second-order valence-corrected chi connectivity index (χ2v) is 7.37. The summed E-state index contributed by atoms with van der Waals surface area (Å²) in [5, 5.41) is 30.0. The van der Waals surface area contributed by atoms with Crippen LogP contribution in [0.1, 0.15) is 34.6 Å². The predicted octanol–water partition coefficient (Wildman–Crippen LogP) is 4.43. The highest BCUT2D eigenvalue weighted by molar-refractivity contribution is 5.82. The highest BCUT2D eigenvalue weighted by atomic mass is 16.5. The molecule has 1 aliphatic rings. The summed E-state index contributed by atoms with van der Waals surface area (Å²) in [4.78, 5) is 12.3. The zero-order valence-corrected chi connectivity index (χ0v) is 17.5. The Bertz CT molecular complexity index is 1210. The number of aromatic hydroxyl groups is 3. The minimum Gasteiger partial charge on any atom is -0.508 e. The van der Waals surface area contributed by atoms with E-state index in [0.29, 0.717) is 17.1 Å². The number of rotatable bonds is 5. The van der Waals surface area contributed by atoms with E-state index in [1.54, 1.807) is 36.4 Å². The molecule has 0 fully saturated rings. The number of methoxy groups -OCH3 is 2. The summed E-state index contributed by atoms with van der Waals surface area (Å²) in [5.74, 6) is 0.135. The van der Waals surface area contributed by atoms with Gasteiger partial charge in [0.05, 0.1) is 20.6 Å². The van der Waals surface area contributed by atoms with Crippen LogP contribution in [-0.2, 0) is 4.79 Å². The predicted molar refractivity (Wildman–Crippen MR) is 118 cm³/mol. The summed E-state index contributed by atoms with van der Waals surface area (Å²) in [7, 11) is 2.93. The molecule has 0 spiro atoms. The Balaban J connectivity index is 1.81. The van der Waals surface area contributed by atoms with Gasteiger partial charge in [-0.3, -0.25) is 4.79 Å². The van der Waals surface area contributed by atoms with Crippen molar-refractivity contribution in [1.82, 2.24) is 0 Å². The van der Waals surface area contributed by atoms with Gasteiger partial charge in [-0.05, 0) is 47.0 Å². The van der Waals surface area contributed by atoms with Gasteiger partial charge in [-0.25, -0.2) is 0 Å². The van der Waals surface area contributed by atoms with Crippen LogP contribution >= 0.6 is 0 Å². The van der Waals surface area contributed by atoms with Crippen molar-refractivity contribution in [2.45, 2.75) is 12.3 Å². The fraction of sp³-hybridized carbons (Fsp3) is 0.160. The maximum absolute atomic E-state index is 12.3. The minimum absolute atomic E-state index is 0.00182. The van der Waals surface area contributed by atoms with Gasteiger partial charge in [0, 0.05) is 17.5 Å². The second-order valence-electron chi connectivity index (χ2n) is 7.37. The normalized spacial score (nSPS) is 15.3. The molecule has 3 aromatic carbocycles. The number of esters is 1. The van der Waals surface area contributed by atoms with E-state index in [0.717, 1.165) is 16.7 Å². The lowest BCUT2D eigenvalue weighted by atomic mass is 9.83. The van der Waals surface area contributed by atoms with Gasteiger partial charge in [0.15, 0.2) is 23.0 Å². The second kappa shape index (κ2) is 8.55. The van der Waals surface area contributed by atoms with Crippen LogP contribution in [0, 0.1) is 0 Å². The standard InChI is InChI=1S/C25H22O7/c1-30-21-9-14(4-7-19(21)27)3-5-16-10-17(26)12-23-25(16)18(13-24(29)32-23)15-6-8-20(28)22(11-15)31-2/h3-12,18,26-28H,13H2,1-2H3/b5-3+/t18-/m0/s1. The highest BCUT2D eigenvalue weighted by Crippen LogP contribution is 2.45. The summed E-state index contributed by atoms with van der Waals surface area (Å²) in [6.45, 7) is 0. The molecule has 0 saturated heterocycles. The lowest BCUT2D eigenvalue weighted by Crippen LogP contribution is -2.22. The van der Waals surface area contributed by atoms with Crippen molar-refractivity contribution in [2.24, 2.45) is 0 Å². The first-order valence-corrected chi connectivity index (χ1v) is 9.89. The first kappa shape index (κ1) is 21.1. The Morgan fingerprint density at radius 3 is 2.31 bits per heavy atom. The number of carbonyl (C=O) groups excluding carboxylic acids is 1. The molecule has 1 aliphatic heterocycles. The van der Waals surface area contributed by atoms with Gasteiger partial charge in [0.1, 0.15) is 11.5 Å². The number of phenols is 3. The molecule has 1 heterocycles. The maximum Gasteiger partial charge on any atom is 0.312 e. The van der Waals surface area contributed by atoms with Crippen molar-refractivity contribution in [3.05, 3.63) is 70.8 Å². The first-order chi connectivity index (χ1) is 15.4. The Hall–Kier alpha value is -4.13. The molecule has 4 rings (SSSR count). The third kappa shape index (κ3) is 4.05. The van der Waals surface area contributed by atoms with Crippen molar-refractivity contribution in [3.8, 4) is 34.5 Å². The number of benzene rings is 3. The molecular weight excluding hydrogens is 412 g/mol. The lowest BCUT2D eigenvalue weighted by Gasteiger charge is -2.27. The maximum atomic E-state index is 12.3. The van der Waals surface area contributed by atoms with Gasteiger partial charge in [-0.1, -0.05) is 24.3 Å². The number of carbonyl (C=O) groups is 1. The largest absolute Gasteiger partial charge is 0.508 e. The molecule has 3 N–H and O–H groups in total. The van der Waals surface area contributed by atoms with E-state index in [4.69, 9.17) is 14.2 Å². The van der Waals surface area contributed by atoms with Crippen LogP contribution in [0.2, 0.25) is 0 Å². The number of fused-ring (bicyclic) bond motifs is 1. The Morgan fingerprint density at radius 1 is 0.906 bits per heavy atom. The summed E-state index contributed by atoms with van der Waals surface area (Å²) in [5.41, 5.74) is 2.94. The molecule has 3 aromatic rings. The van der Waals surface area contributed by atoms with Gasteiger partial charge < -0.3 is 29.5 Å². The van der Waals surface area contributed by atoms with Crippen molar-refractivity contribution < 1.29 is 34.3 Å². The summed E-state index contributed by atoms with van der Waals surface area (Å²) in [6, 6.07) is 12.9. The number of hydrogen-bond acceptors (Lipinski definition) is 7. The van der Waals surface area contributed by atoms with E-state index in [1.165, 1.54) is 32.4 Å². The third-order valence-electron chi connectivity index (χ3n) is 5.37. The topological polar surface area (TPSA) is 105 Å². The van der Waals surface area contributed by atoms with Crippen LogP contribution in [0.25, 0.3) is 12.2 Å². The van der Waals surface area contributed by atoms with Crippen molar-refractivity contribution in [2.75, 3.05) is 14.2 Å². The van der Waals surface area contributed by atoms with Gasteiger partial charge in [-0.2, -0.15) is 0 Å². The fourth-order valence-electron chi connectivity index (χ4n) is 3.84. The fourth-order valence-corrected chi connectivity index (χ4v) is 3.84. The zero-order chi connectivity index (χ0) is 22.8. The smallest absolute Gasteiger partial charge is 0.312 e.